The smallest absolute Gasteiger partial charge is 0.259 e. The third-order valence-electron chi connectivity index (χ3n) is 3.52. The van der Waals surface area contributed by atoms with E-state index in [2.05, 4.69) is 9.97 Å². The molecule has 0 aliphatic carbocycles. The van der Waals surface area contributed by atoms with Crippen LogP contribution >= 0.6 is 11.6 Å². The monoisotopic (exact) mass is 342 g/mol. The fourth-order valence-electron chi connectivity index (χ4n) is 2.39. The van der Waals surface area contributed by atoms with E-state index in [0.29, 0.717) is 33.2 Å². The van der Waals surface area contributed by atoms with Crippen molar-refractivity contribution in [3.05, 3.63) is 63.2 Å². The molecule has 0 aliphatic heterocycles. The van der Waals surface area contributed by atoms with Gasteiger partial charge in [0, 0.05) is 0 Å². The Morgan fingerprint density at radius 3 is 2.67 bits per heavy atom. The Bertz CT molecular complexity index is 980. The highest BCUT2D eigenvalue weighted by atomic mass is 35.5. The van der Waals surface area contributed by atoms with Crippen molar-refractivity contribution in [3.63, 3.8) is 0 Å². The first-order chi connectivity index (χ1) is 11.6. The Hall–Kier alpha value is -2.79. The van der Waals surface area contributed by atoms with Crippen molar-refractivity contribution in [2.24, 2.45) is 0 Å². The van der Waals surface area contributed by atoms with Gasteiger partial charge in [-0.05, 0) is 35.9 Å². The van der Waals surface area contributed by atoms with Crippen LogP contribution in [0.1, 0.15) is 11.4 Å². The van der Waals surface area contributed by atoms with Gasteiger partial charge in [-0.2, -0.15) is 0 Å². The van der Waals surface area contributed by atoms with Gasteiger partial charge in [0.2, 0.25) is 0 Å². The molecule has 3 rings (SSSR count). The third-order valence-corrected chi connectivity index (χ3v) is 3.80. The van der Waals surface area contributed by atoms with E-state index in [4.69, 9.17) is 21.1 Å². The van der Waals surface area contributed by atoms with Crippen LogP contribution in [-0.2, 0) is 0 Å². The van der Waals surface area contributed by atoms with Gasteiger partial charge in [0.05, 0.1) is 30.1 Å². The minimum absolute atomic E-state index is 0.175. The van der Waals surface area contributed by atoms with Crippen LogP contribution in [0, 0.1) is 0 Å². The third kappa shape index (κ3) is 3.12. The summed E-state index contributed by atoms with van der Waals surface area (Å²) in [6.07, 6.45) is 3.51. The zero-order valence-electron chi connectivity index (χ0n) is 13.2. The van der Waals surface area contributed by atoms with Crippen molar-refractivity contribution in [1.82, 2.24) is 9.97 Å². The lowest BCUT2D eigenvalue weighted by Crippen LogP contribution is -2.09. The number of nitrogens with zero attached hydrogens (tertiary/aromatic N) is 1. The number of rotatable bonds is 4. The molecule has 0 radical (unpaired) electrons. The molecular weight excluding hydrogens is 328 g/mol. The Kier molecular flexibility index (Phi) is 4.53. The standard InChI is InChI=1S/C18H15ClN2O3/c1-23-15-10-11(9-13(19)17(15)24-2)7-8-16-20-14-6-4-3-5-12(14)18(22)21-16/h3-10H,1-2H3,(H,20,21,22)/b8-7+. The van der Waals surface area contributed by atoms with E-state index in [9.17, 15) is 4.79 Å². The van der Waals surface area contributed by atoms with Crippen LogP contribution in [0.25, 0.3) is 23.1 Å². The Balaban J connectivity index is 1.99. The number of hydrogen-bond acceptors (Lipinski definition) is 4. The molecule has 6 heteroatoms. The number of aromatic nitrogens is 2. The molecule has 122 valence electrons. The molecule has 0 aliphatic rings. The first kappa shape index (κ1) is 16.1. The van der Waals surface area contributed by atoms with Crippen LogP contribution in [0.3, 0.4) is 0 Å². The molecule has 0 atom stereocenters. The van der Waals surface area contributed by atoms with Crippen LogP contribution in [-0.4, -0.2) is 24.2 Å². The largest absolute Gasteiger partial charge is 0.493 e. The van der Waals surface area contributed by atoms with Crippen LogP contribution < -0.4 is 15.0 Å². The maximum absolute atomic E-state index is 12.1. The Labute approximate surface area is 143 Å². The molecule has 3 aromatic rings. The Morgan fingerprint density at radius 2 is 1.92 bits per heavy atom. The van der Waals surface area contributed by atoms with Gasteiger partial charge < -0.3 is 14.5 Å². The van der Waals surface area contributed by atoms with E-state index in [1.165, 1.54) is 7.11 Å². The SMILES string of the molecule is COc1cc(/C=C/c2nc3ccccc3c(=O)[nH]2)cc(Cl)c1OC. The zero-order valence-corrected chi connectivity index (χ0v) is 13.9. The van der Waals surface area contributed by atoms with Gasteiger partial charge in [-0.3, -0.25) is 4.79 Å². The average Bonchev–Trinajstić information content (AvgIpc) is 2.59. The van der Waals surface area contributed by atoms with Crippen LogP contribution in [0.15, 0.2) is 41.2 Å². The summed E-state index contributed by atoms with van der Waals surface area (Å²) in [5.74, 6) is 1.47. The van der Waals surface area contributed by atoms with E-state index in [1.807, 2.05) is 6.07 Å². The van der Waals surface area contributed by atoms with Crippen molar-refractivity contribution in [1.29, 1.82) is 0 Å². The molecule has 0 amide bonds. The van der Waals surface area contributed by atoms with Crippen molar-refractivity contribution in [2.45, 2.75) is 0 Å². The molecule has 24 heavy (non-hydrogen) atoms. The number of benzene rings is 2. The van der Waals surface area contributed by atoms with E-state index in [0.717, 1.165) is 5.56 Å². The van der Waals surface area contributed by atoms with Crippen molar-refractivity contribution < 1.29 is 9.47 Å². The van der Waals surface area contributed by atoms with Crippen LogP contribution in [0.4, 0.5) is 0 Å². The number of para-hydroxylation sites is 1. The summed E-state index contributed by atoms with van der Waals surface area (Å²) in [6, 6.07) is 10.7. The topological polar surface area (TPSA) is 64.2 Å². The maximum atomic E-state index is 12.1. The fourth-order valence-corrected chi connectivity index (χ4v) is 2.69. The number of aromatic amines is 1. The normalized spacial score (nSPS) is 11.1. The lowest BCUT2D eigenvalue weighted by Gasteiger charge is -2.10. The summed E-state index contributed by atoms with van der Waals surface area (Å²) in [6.45, 7) is 0. The summed E-state index contributed by atoms with van der Waals surface area (Å²) in [4.78, 5) is 19.2. The number of hydrogen-bond donors (Lipinski definition) is 1. The van der Waals surface area contributed by atoms with E-state index in [1.54, 1.807) is 49.6 Å². The van der Waals surface area contributed by atoms with Gasteiger partial charge in [-0.25, -0.2) is 4.98 Å². The predicted molar refractivity (Wildman–Crippen MR) is 95.8 cm³/mol. The molecule has 0 fully saturated rings. The van der Waals surface area contributed by atoms with Crippen LogP contribution in [0.2, 0.25) is 5.02 Å². The van der Waals surface area contributed by atoms with Gasteiger partial charge in [-0.1, -0.05) is 29.8 Å². The maximum Gasteiger partial charge on any atom is 0.259 e. The number of halogens is 1. The van der Waals surface area contributed by atoms with Gasteiger partial charge in [0.1, 0.15) is 5.82 Å². The lowest BCUT2D eigenvalue weighted by molar-refractivity contribution is 0.355. The molecule has 0 saturated carbocycles. The first-order valence-electron chi connectivity index (χ1n) is 7.21. The first-order valence-corrected chi connectivity index (χ1v) is 7.59. The predicted octanol–water partition coefficient (Wildman–Crippen LogP) is 3.76. The molecule has 0 spiro atoms. The quantitative estimate of drug-likeness (QED) is 0.784. The van der Waals surface area contributed by atoms with Gasteiger partial charge in [0.15, 0.2) is 11.5 Å². The van der Waals surface area contributed by atoms with E-state index < -0.39 is 0 Å². The summed E-state index contributed by atoms with van der Waals surface area (Å²) >= 11 is 6.19. The van der Waals surface area contributed by atoms with Gasteiger partial charge in [-0.15, -0.1) is 0 Å². The van der Waals surface area contributed by atoms with Gasteiger partial charge >= 0.3 is 0 Å². The molecular formula is C18H15ClN2O3. The van der Waals surface area contributed by atoms with Crippen molar-refractivity contribution >= 4 is 34.7 Å². The second-order valence-electron chi connectivity index (χ2n) is 5.04. The number of fused-ring (bicyclic) bond motifs is 1. The molecule has 1 N–H and O–H groups in total. The molecule has 0 bridgehead atoms. The zero-order chi connectivity index (χ0) is 17.1. The molecule has 2 aromatic carbocycles. The summed E-state index contributed by atoms with van der Waals surface area (Å²) in [7, 11) is 3.08. The second kappa shape index (κ2) is 6.76. The number of ether oxygens (including phenoxy) is 2. The average molecular weight is 343 g/mol. The molecule has 1 aromatic heterocycles. The summed E-state index contributed by atoms with van der Waals surface area (Å²) in [5.41, 5.74) is 1.27. The highest BCUT2D eigenvalue weighted by Crippen LogP contribution is 2.36. The number of methoxy groups -OCH3 is 2. The minimum atomic E-state index is -0.175. The molecule has 5 nitrogen and oxygen atoms in total. The number of H-pyrrole nitrogens is 1. The molecule has 0 unspecified atom stereocenters. The van der Waals surface area contributed by atoms with E-state index in [-0.39, 0.29) is 5.56 Å². The fraction of sp³-hybridized carbons (Fsp3) is 0.111. The van der Waals surface area contributed by atoms with Crippen molar-refractivity contribution in [2.75, 3.05) is 14.2 Å². The van der Waals surface area contributed by atoms with E-state index >= 15 is 0 Å². The Morgan fingerprint density at radius 1 is 1.12 bits per heavy atom. The molecule has 1 heterocycles. The second-order valence-corrected chi connectivity index (χ2v) is 5.45. The van der Waals surface area contributed by atoms with Gasteiger partial charge in [0.25, 0.3) is 5.56 Å². The minimum Gasteiger partial charge on any atom is -0.493 e. The van der Waals surface area contributed by atoms with Crippen molar-refractivity contribution in [3.8, 4) is 11.5 Å². The number of nitrogens with one attached hydrogen (secondary N) is 1. The lowest BCUT2D eigenvalue weighted by atomic mass is 10.2. The highest BCUT2D eigenvalue weighted by molar-refractivity contribution is 6.32. The summed E-state index contributed by atoms with van der Waals surface area (Å²) in [5, 5.41) is 1.00. The molecule has 0 saturated heterocycles. The highest BCUT2D eigenvalue weighted by Gasteiger charge is 2.09. The summed E-state index contributed by atoms with van der Waals surface area (Å²) < 4.78 is 10.5. The van der Waals surface area contributed by atoms with Crippen LogP contribution in [0.5, 0.6) is 11.5 Å².